The summed E-state index contributed by atoms with van der Waals surface area (Å²) in [5.41, 5.74) is -0.362. The Balaban J connectivity index is 1.51. The lowest BCUT2D eigenvalue weighted by Gasteiger charge is -2.29. The number of likely N-dealkylation sites (N-methyl/N-ethyl adjacent to an activating group) is 1. The van der Waals surface area contributed by atoms with Gasteiger partial charge >= 0.3 is 0 Å². The van der Waals surface area contributed by atoms with Crippen LogP contribution >= 0.6 is 0 Å². The Morgan fingerprint density at radius 2 is 1.55 bits per heavy atom. The minimum atomic E-state index is -2.86. The number of nitrogens with one attached hydrogen (secondary N) is 3. The van der Waals surface area contributed by atoms with Gasteiger partial charge in [-0.1, -0.05) is 48.5 Å². The lowest BCUT2D eigenvalue weighted by Crippen LogP contribution is -2.52. The maximum atomic E-state index is 14.5. The van der Waals surface area contributed by atoms with Gasteiger partial charge in [0.2, 0.25) is 11.8 Å². The standard InChI is InChI=1S/C29H33F3N4O2/c1-27(2,32)16-22(25(37)36-28(17-33)12-13-28)35-23(24(30)31)20-6-4-18(5-7-20)19-8-10-21(11-9-19)29(14-15-29)26(38)34-3/h4-11,22-24,35H,12-16H2,1-3H3,(H,34,38)(H,36,37)/t22-,23-/m0/s1. The van der Waals surface area contributed by atoms with Crippen LogP contribution in [0.3, 0.4) is 0 Å². The lowest BCUT2D eigenvalue weighted by atomic mass is 9.92. The molecule has 0 aliphatic heterocycles. The third kappa shape index (κ3) is 6.02. The van der Waals surface area contributed by atoms with E-state index >= 15 is 0 Å². The molecular weight excluding hydrogens is 493 g/mol. The molecule has 2 fully saturated rings. The summed E-state index contributed by atoms with van der Waals surface area (Å²) in [6.45, 7) is 2.56. The Kier molecular flexibility index (Phi) is 7.57. The van der Waals surface area contributed by atoms with E-state index in [0.717, 1.165) is 29.5 Å². The number of nitrogens with zero attached hydrogens (tertiary/aromatic N) is 1. The Bertz CT molecular complexity index is 1210. The molecule has 2 atom stereocenters. The Labute approximate surface area is 221 Å². The van der Waals surface area contributed by atoms with Crippen molar-refractivity contribution in [2.45, 2.75) is 81.1 Å². The van der Waals surface area contributed by atoms with Gasteiger partial charge in [-0.3, -0.25) is 14.9 Å². The number of benzene rings is 2. The van der Waals surface area contributed by atoms with Gasteiger partial charge < -0.3 is 10.6 Å². The summed E-state index contributed by atoms with van der Waals surface area (Å²) >= 11 is 0. The quantitative estimate of drug-likeness (QED) is 0.396. The average Bonchev–Trinajstić information content (AvgIpc) is 3.82. The normalized spacial score (nSPS) is 18.7. The van der Waals surface area contributed by atoms with E-state index < -0.39 is 41.0 Å². The van der Waals surface area contributed by atoms with Crippen molar-refractivity contribution in [2.75, 3.05) is 7.05 Å². The number of hydrogen-bond donors (Lipinski definition) is 3. The molecular formula is C29H33F3N4O2. The molecule has 0 aromatic heterocycles. The zero-order chi connectivity index (χ0) is 27.7. The number of alkyl halides is 3. The highest BCUT2D eigenvalue weighted by Gasteiger charge is 2.50. The van der Waals surface area contributed by atoms with Crippen LogP contribution in [0.2, 0.25) is 0 Å². The molecule has 2 aromatic rings. The van der Waals surface area contributed by atoms with Crippen molar-refractivity contribution in [1.29, 1.82) is 5.26 Å². The molecule has 0 radical (unpaired) electrons. The third-order valence-corrected chi connectivity index (χ3v) is 7.42. The molecule has 0 unspecified atom stereocenters. The minimum Gasteiger partial charge on any atom is -0.358 e. The first-order chi connectivity index (χ1) is 17.9. The fourth-order valence-electron chi connectivity index (χ4n) is 4.83. The summed E-state index contributed by atoms with van der Waals surface area (Å²) in [6.07, 6.45) is -0.616. The highest BCUT2D eigenvalue weighted by atomic mass is 19.3. The van der Waals surface area contributed by atoms with Gasteiger partial charge in [-0.15, -0.1) is 0 Å². The number of carbonyl (C=O) groups excluding carboxylic acids is 2. The van der Waals surface area contributed by atoms with Crippen molar-refractivity contribution in [2.24, 2.45) is 0 Å². The molecule has 2 aliphatic rings. The second kappa shape index (κ2) is 10.4. The first-order valence-electron chi connectivity index (χ1n) is 12.8. The molecule has 0 heterocycles. The molecule has 2 aliphatic carbocycles. The molecule has 0 saturated heterocycles. The second-order valence-electron chi connectivity index (χ2n) is 11.0. The van der Waals surface area contributed by atoms with E-state index in [0.29, 0.717) is 12.8 Å². The van der Waals surface area contributed by atoms with Crippen LogP contribution in [-0.2, 0) is 15.0 Å². The molecule has 2 amide bonds. The summed E-state index contributed by atoms with van der Waals surface area (Å²) < 4.78 is 42.8. The SMILES string of the molecule is CNC(=O)C1(c2ccc(-c3ccc([C@H](N[C@@H](CC(C)(C)F)C(=O)NC4(C#N)CC4)C(F)F)cc3)cc2)CC1. The highest BCUT2D eigenvalue weighted by Crippen LogP contribution is 2.48. The van der Waals surface area contributed by atoms with Crippen molar-refractivity contribution in [3.8, 4) is 17.2 Å². The molecule has 2 saturated carbocycles. The van der Waals surface area contributed by atoms with Gasteiger partial charge in [0.1, 0.15) is 11.2 Å². The van der Waals surface area contributed by atoms with E-state index in [1.807, 2.05) is 30.3 Å². The summed E-state index contributed by atoms with van der Waals surface area (Å²) in [5, 5.41) is 17.3. The summed E-state index contributed by atoms with van der Waals surface area (Å²) in [5.74, 6) is -0.662. The predicted molar refractivity (Wildman–Crippen MR) is 138 cm³/mol. The summed E-state index contributed by atoms with van der Waals surface area (Å²) in [7, 11) is 1.63. The fraction of sp³-hybridized carbons (Fsp3) is 0.483. The van der Waals surface area contributed by atoms with Crippen LogP contribution < -0.4 is 16.0 Å². The molecule has 9 heteroatoms. The van der Waals surface area contributed by atoms with E-state index in [1.54, 1.807) is 31.3 Å². The zero-order valence-electron chi connectivity index (χ0n) is 21.8. The van der Waals surface area contributed by atoms with Crippen molar-refractivity contribution in [3.63, 3.8) is 0 Å². The number of rotatable bonds is 11. The molecule has 202 valence electrons. The maximum absolute atomic E-state index is 14.5. The van der Waals surface area contributed by atoms with Crippen LogP contribution in [0.15, 0.2) is 48.5 Å². The van der Waals surface area contributed by atoms with Crippen molar-refractivity contribution < 1.29 is 22.8 Å². The fourth-order valence-corrected chi connectivity index (χ4v) is 4.83. The van der Waals surface area contributed by atoms with Gasteiger partial charge in [-0.25, -0.2) is 13.2 Å². The maximum Gasteiger partial charge on any atom is 0.257 e. The number of halogens is 3. The van der Waals surface area contributed by atoms with Gasteiger partial charge in [0.15, 0.2) is 0 Å². The van der Waals surface area contributed by atoms with Gasteiger partial charge in [0.05, 0.1) is 23.6 Å². The van der Waals surface area contributed by atoms with Gasteiger partial charge in [0, 0.05) is 13.5 Å². The molecule has 6 nitrogen and oxygen atoms in total. The molecule has 4 rings (SSSR count). The first kappa shape index (κ1) is 27.6. The number of hydrogen-bond acceptors (Lipinski definition) is 4. The number of carbonyl (C=O) groups is 2. The van der Waals surface area contributed by atoms with Crippen molar-refractivity contribution in [3.05, 3.63) is 59.7 Å². The van der Waals surface area contributed by atoms with Crippen molar-refractivity contribution in [1.82, 2.24) is 16.0 Å². The minimum absolute atomic E-state index is 0.00296. The molecule has 2 aromatic carbocycles. The number of amides is 2. The van der Waals surface area contributed by atoms with Crippen LogP contribution in [0.4, 0.5) is 13.2 Å². The molecule has 3 N–H and O–H groups in total. The Morgan fingerprint density at radius 3 is 1.97 bits per heavy atom. The van der Waals surface area contributed by atoms with Crippen LogP contribution in [-0.4, -0.2) is 42.5 Å². The zero-order valence-corrected chi connectivity index (χ0v) is 21.8. The Morgan fingerprint density at radius 1 is 1.00 bits per heavy atom. The van der Waals surface area contributed by atoms with Gasteiger partial charge in [0.25, 0.3) is 6.43 Å². The highest BCUT2D eigenvalue weighted by molar-refractivity contribution is 5.91. The summed E-state index contributed by atoms with van der Waals surface area (Å²) in [4.78, 5) is 25.1. The lowest BCUT2D eigenvalue weighted by molar-refractivity contribution is -0.125. The van der Waals surface area contributed by atoms with E-state index in [2.05, 4.69) is 16.0 Å². The molecule has 38 heavy (non-hydrogen) atoms. The second-order valence-corrected chi connectivity index (χ2v) is 11.0. The predicted octanol–water partition coefficient (Wildman–Crippen LogP) is 4.71. The molecule has 0 bridgehead atoms. The topological polar surface area (TPSA) is 94.0 Å². The van der Waals surface area contributed by atoms with Gasteiger partial charge in [-0.05, 0) is 61.8 Å². The van der Waals surface area contributed by atoms with Crippen molar-refractivity contribution >= 4 is 11.8 Å². The van der Waals surface area contributed by atoms with E-state index in [9.17, 15) is 28.0 Å². The third-order valence-electron chi connectivity index (χ3n) is 7.42. The van der Waals surface area contributed by atoms with Crippen LogP contribution in [0.5, 0.6) is 0 Å². The van der Waals surface area contributed by atoms with Crippen LogP contribution in [0.25, 0.3) is 11.1 Å². The van der Waals surface area contributed by atoms with Gasteiger partial charge in [-0.2, -0.15) is 5.26 Å². The summed E-state index contributed by atoms with van der Waals surface area (Å²) in [6, 6.07) is 13.5. The largest absolute Gasteiger partial charge is 0.358 e. The first-order valence-corrected chi connectivity index (χ1v) is 12.8. The molecule has 0 spiro atoms. The number of nitriles is 1. The van der Waals surface area contributed by atoms with Crippen LogP contribution in [0.1, 0.15) is 63.1 Å². The van der Waals surface area contributed by atoms with E-state index in [-0.39, 0.29) is 17.9 Å². The average molecular weight is 527 g/mol. The van der Waals surface area contributed by atoms with Crippen LogP contribution in [0, 0.1) is 11.3 Å². The Hall–Kier alpha value is -3.38. The smallest absolute Gasteiger partial charge is 0.257 e. The monoisotopic (exact) mass is 526 g/mol. The van der Waals surface area contributed by atoms with E-state index in [4.69, 9.17) is 0 Å². The van der Waals surface area contributed by atoms with E-state index in [1.165, 1.54) is 13.8 Å².